The van der Waals surface area contributed by atoms with Crippen molar-refractivity contribution in [2.24, 2.45) is 0 Å². The lowest BCUT2D eigenvalue weighted by molar-refractivity contribution is -0.384. The minimum Gasteiger partial charge on any atom is -0.507 e. The van der Waals surface area contributed by atoms with Crippen LogP contribution in [0.25, 0.3) is 5.76 Å². The summed E-state index contributed by atoms with van der Waals surface area (Å²) in [4.78, 5) is 38.1. The molecule has 2 aromatic carbocycles. The number of benzene rings is 2. The second-order valence-electron chi connectivity index (χ2n) is 8.01. The zero-order valence-electron chi connectivity index (χ0n) is 17.0. The van der Waals surface area contributed by atoms with E-state index in [-0.39, 0.29) is 33.6 Å². The quantitative estimate of drug-likeness (QED) is 0.226. The maximum Gasteiger partial charge on any atom is 0.295 e. The van der Waals surface area contributed by atoms with Gasteiger partial charge in [-0.25, -0.2) is 0 Å². The number of phenolic OH excluding ortho intramolecular Hbond substituents is 1. The van der Waals surface area contributed by atoms with Crippen molar-refractivity contribution < 1.29 is 24.7 Å². The van der Waals surface area contributed by atoms with E-state index in [2.05, 4.69) is 0 Å². The number of Topliss-reactive ketones (excluding diaryl/α,β-unsaturated/α-hetero) is 1. The zero-order valence-corrected chi connectivity index (χ0v) is 17.8. The largest absolute Gasteiger partial charge is 0.507 e. The Kier molecular flexibility index (Phi) is 5.88. The average molecular weight is 457 g/mol. The lowest BCUT2D eigenvalue weighted by Crippen LogP contribution is -2.40. The van der Waals surface area contributed by atoms with Gasteiger partial charge in [-0.1, -0.05) is 36.9 Å². The molecule has 2 N–H and O–H groups in total. The van der Waals surface area contributed by atoms with E-state index in [0.717, 1.165) is 32.1 Å². The van der Waals surface area contributed by atoms with Crippen LogP contribution in [-0.2, 0) is 9.59 Å². The fraction of sp³-hybridized carbons (Fsp3) is 0.304. The van der Waals surface area contributed by atoms with Crippen LogP contribution in [0.4, 0.5) is 5.69 Å². The van der Waals surface area contributed by atoms with Crippen LogP contribution >= 0.6 is 11.6 Å². The number of rotatable bonds is 4. The number of aliphatic hydroxyl groups excluding tert-OH is 1. The molecule has 0 aromatic heterocycles. The minimum absolute atomic E-state index is 0.0621. The predicted molar refractivity (Wildman–Crippen MR) is 117 cm³/mol. The molecule has 1 heterocycles. The van der Waals surface area contributed by atoms with Crippen molar-refractivity contribution in [2.75, 3.05) is 0 Å². The maximum atomic E-state index is 13.1. The first kappa shape index (κ1) is 21.8. The monoisotopic (exact) mass is 456 g/mol. The molecule has 2 aromatic rings. The molecule has 1 unspecified atom stereocenters. The number of nitro benzene ring substituents is 1. The third-order valence-corrected chi connectivity index (χ3v) is 6.39. The van der Waals surface area contributed by atoms with Gasteiger partial charge in [0.2, 0.25) is 0 Å². The van der Waals surface area contributed by atoms with E-state index in [0.29, 0.717) is 5.56 Å². The number of aromatic hydroxyl groups is 1. The molecular weight excluding hydrogens is 436 g/mol. The van der Waals surface area contributed by atoms with Gasteiger partial charge in [-0.15, -0.1) is 0 Å². The second kappa shape index (κ2) is 8.63. The highest BCUT2D eigenvalue weighted by atomic mass is 35.5. The van der Waals surface area contributed by atoms with Crippen LogP contribution < -0.4 is 0 Å². The molecule has 8 nitrogen and oxygen atoms in total. The van der Waals surface area contributed by atoms with Crippen LogP contribution in [0.1, 0.15) is 49.3 Å². The topological polar surface area (TPSA) is 121 Å². The molecule has 1 amide bonds. The highest BCUT2D eigenvalue weighted by Gasteiger charge is 2.49. The summed E-state index contributed by atoms with van der Waals surface area (Å²) < 4.78 is 0. The molecule has 1 saturated heterocycles. The number of hydrogen-bond acceptors (Lipinski definition) is 6. The minimum atomic E-state index is -0.883. The van der Waals surface area contributed by atoms with Crippen LogP contribution in [-0.4, -0.2) is 37.8 Å². The van der Waals surface area contributed by atoms with Crippen molar-refractivity contribution in [3.8, 4) is 5.75 Å². The van der Waals surface area contributed by atoms with E-state index in [1.807, 2.05) is 0 Å². The molecule has 1 aliphatic heterocycles. The SMILES string of the molecule is O=C1C(=O)N(C2CCCCC2)C(c2ccc(O)c(Cl)c2)/C1=C(/O)c1ccc([N+](=O)[O-])cc1. The number of nitrogens with zero attached hydrogens (tertiary/aromatic N) is 2. The van der Waals surface area contributed by atoms with E-state index < -0.39 is 28.4 Å². The van der Waals surface area contributed by atoms with Crippen molar-refractivity contribution in [2.45, 2.75) is 44.2 Å². The van der Waals surface area contributed by atoms with Crippen LogP contribution in [0.3, 0.4) is 0 Å². The Labute approximate surface area is 188 Å². The smallest absolute Gasteiger partial charge is 0.295 e. The first-order valence-electron chi connectivity index (χ1n) is 10.3. The van der Waals surface area contributed by atoms with Gasteiger partial charge in [-0.2, -0.15) is 0 Å². The molecule has 0 spiro atoms. The Morgan fingerprint density at radius 1 is 1.06 bits per heavy atom. The van der Waals surface area contributed by atoms with Crippen molar-refractivity contribution in [1.82, 2.24) is 4.90 Å². The highest BCUT2D eigenvalue weighted by molar-refractivity contribution is 6.46. The number of halogens is 1. The Morgan fingerprint density at radius 2 is 1.72 bits per heavy atom. The van der Waals surface area contributed by atoms with Gasteiger partial charge in [0.25, 0.3) is 17.4 Å². The summed E-state index contributed by atoms with van der Waals surface area (Å²) in [6.07, 6.45) is 4.40. The number of aliphatic hydroxyl groups is 1. The number of carbonyl (C=O) groups is 2. The molecule has 9 heteroatoms. The second-order valence-corrected chi connectivity index (χ2v) is 8.42. The van der Waals surface area contributed by atoms with Crippen LogP contribution in [0.5, 0.6) is 5.75 Å². The fourth-order valence-corrected chi connectivity index (χ4v) is 4.69. The van der Waals surface area contributed by atoms with Crippen molar-refractivity contribution in [3.63, 3.8) is 0 Å². The normalized spacial score (nSPS) is 21.2. The molecular formula is C23H21ClN2O6. The summed E-state index contributed by atoms with van der Waals surface area (Å²) in [7, 11) is 0. The Hall–Kier alpha value is -3.39. The van der Waals surface area contributed by atoms with Gasteiger partial charge in [-0.3, -0.25) is 19.7 Å². The molecule has 0 bridgehead atoms. The van der Waals surface area contributed by atoms with E-state index in [9.17, 15) is 29.9 Å². The molecule has 2 fully saturated rings. The van der Waals surface area contributed by atoms with Gasteiger partial charge in [0, 0.05) is 23.7 Å². The zero-order chi connectivity index (χ0) is 23.0. The summed E-state index contributed by atoms with van der Waals surface area (Å²) in [6, 6.07) is 8.49. The first-order valence-corrected chi connectivity index (χ1v) is 10.7. The molecule has 0 radical (unpaired) electrons. The van der Waals surface area contributed by atoms with Gasteiger partial charge in [0.05, 0.1) is 21.6 Å². The summed E-state index contributed by atoms with van der Waals surface area (Å²) in [5.41, 5.74) is 0.412. The third-order valence-electron chi connectivity index (χ3n) is 6.09. The first-order chi connectivity index (χ1) is 15.3. The third kappa shape index (κ3) is 3.82. The van der Waals surface area contributed by atoms with Crippen molar-refractivity contribution in [1.29, 1.82) is 0 Å². The molecule has 1 aliphatic carbocycles. The Balaban J connectivity index is 1.86. The predicted octanol–water partition coefficient (Wildman–Crippen LogP) is 4.71. The van der Waals surface area contributed by atoms with Gasteiger partial charge < -0.3 is 15.1 Å². The molecule has 1 atom stereocenters. The van der Waals surface area contributed by atoms with Crippen LogP contribution in [0.15, 0.2) is 48.0 Å². The fourth-order valence-electron chi connectivity index (χ4n) is 4.50. The average Bonchev–Trinajstić information content (AvgIpc) is 3.06. The van der Waals surface area contributed by atoms with E-state index in [1.54, 1.807) is 6.07 Å². The van der Waals surface area contributed by atoms with Crippen molar-refractivity contribution >= 4 is 34.7 Å². The van der Waals surface area contributed by atoms with Crippen LogP contribution in [0.2, 0.25) is 5.02 Å². The molecule has 1 saturated carbocycles. The van der Waals surface area contributed by atoms with Crippen molar-refractivity contribution in [3.05, 3.63) is 74.3 Å². The number of amides is 1. The Bertz CT molecular complexity index is 1120. The summed E-state index contributed by atoms with van der Waals surface area (Å²) in [6.45, 7) is 0. The number of phenols is 1. The number of likely N-dealkylation sites (tertiary alicyclic amines) is 1. The standard InChI is InChI=1S/C23H21ClN2O6/c24-17-12-14(8-11-18(17)27)20-19(21(28)13-6-9-16(10-7-13)26(31)32)22(29)23(30)25(20)15-4-2-1-3-5-15/h6-12,15,20,27-28H,1-5H2/b21-19-. The van der Waals surface area contributed by atoms with Gasteiger partial charge in [0.15, 0.2) is 0 Å². The lowest BCUT2D eigenvalue weighted by Gasteiger charge is -2.35. The number of carbonyl (C=O) groups excluding carboxylic acids is 2. The van der Waals surface area contributed by atoms with E-state index >= 15 is 0 Å². The van der Waals surface area contributed by atoms with E-state index in [1.165, 1.54) is 41.3 Å². The number of non-ortho nitro benzene ring substituents is 1. The number of ketones is 1. The van der Waals surface area contributed by atoms with Gasteiger partial charge in [0.1, 0.15) is 11.5 Å². The van der Waals surface area contributed by atoms with E-state index in [4.69, 9.17) is 11.6 Å². The lowest BCUT2D eigenvalue weighted by atomic mass is 9.91. The highest BCUT2D eigenvalue weighted by Crippen LogP contribution is 2.44. The Morgan fingerprint density at radius 3 is 2.31 bits per heavy atom. The summed E-state index contributed by atoms with van der Waals surface area (Å²) in [5, 5.41) is 31.9. The maximum absolute atomic E-state index is 13.1. The van der Waals surface area contributed by atoms with Gasteiger partial charge >= 0.3 is 0 Å². The number of hydrogen-bond donors (Lipinski definition) is 2. The molecule has 166 valence electrons. The molecule has 32 heavy (non-hydrogen) atoms. The summed E-state index contributed by atoms with van der Waals surface area (Å²) >= 11 is 6.11. The number of nitro groups is 1. The molecule has 4 rings (SSSR count). The van der Waals surface area contributed by atoms with Gasteiger partial charge in [-0.05, 0) is 42.7 Å². The summed E-state index contributed by atoms with van der Waals surface area (Å²) in [5.74, 6) is -2.07. The van der Waals surface area contributed by atoms with Crippen LogP contribution in [0, 0.1) is 10.1 Å². The molecule has 2 aliphatic rings.